The van der Waals surface area contributed by atoms with Crippen molar-refractivity contribution in [3.63, 3.8) is 0 Å². The van der Waals surface area contributed by atoms with Crippen molar-refractivity contribution >= 4 is 5.97 Å². The number of carboxylic acid groups (broad SMARTS) is 1. The van der Waals surface area contributed by atoms with E-state index in [0.717, 1.165) is 30.5 Å². The molecular formula is C23H28F3NO3. The Balaban J connectivity index is 0.000000220. The van der Waals surface area contributed by atoms with Crippen molar-refractivity contribution in [3.8, 4) is 0 Å². The van der Waals surface area contributed by atoms with Crippen molar-refractivity contribution in [2.75, 3.05) is 13.2 Å². The maximum Gasteiger partial charge on any atom is 0.416 e. The molecule has 0 amide bonds. The maximum atomic E-state index is 12.5. The first kappa shape index (κ1) is 23.9. The van der Waals surface area contributed by atoms with Gasteiger partial charge in [-0.2, -0.15) is 13.2 Å². The van der Waals surface area contributed by atoms with Crippen molar-refractivity contribution in [2.24, 2.45) is 5.92 Å². The summed E-state index contributed by atoms with van der Waals surface area (Å²) in [6, 6.07) is 14.9. The molecule has 0 bridgehead atoms. The van der Waals surface area contributed by atoms with Gasteiger partial charge < -0.3 is 15.5 Å². The third-order valence-corrected chi connectivity index (χ3v) is 4.92. The number of nitrogens with one attached hydrogen (secondary N) is 1. The van der Waals surface area contributed by atoms with Gasteiger partial charge in [-0.25, -0.2) is 0 Å². The molecule has 0 aliphatic heterocycles. The van der Waals surface area contributed by atoms with Crippen LogP contribution in [0.15, 0.2) is 54.6 Å². The molecule has 2 unspecified atom stereocenters. The molecule has 0 aromatic heterocycles. The largest absolute Gasteiger partial charge is 0.481 e. The fourth-order valence-corrected chi connectivity index (χ4v) is 3.32. The zero-order valence-corrected chi connectivity index (χ0v) is 16.9. The van der Waals surface area contributed by atoms with Crippen LogP contribution in [0.4, 0.5) is 13.2 Å². The first-order chi connectivity index (χ1) is 14.2. The van der Waals surface area contributed by atoms with Crippen LogP contribution in [0, 0.1) is 5.92 Å². The molecule has 1 saturated carbocycles. The van der Waals surface area contributed by atoms with E-state index in [4.69, 9.17) is 10.2 Å². The Morgan fingerprint density at radius 3 is 2.33 bits per heavy atom. The molecule has 1 aliphatic carbocycles. The minimum atomic E-state index is -4.29. The van der Waals surface area contributed by atoms with Crippen LogP contribution >= 0.6 is 0 Å². The summed E-state index contributed by atoms with van der Waals surface area (Å²) in [6.45, 7) is 2.34. The Hall–Kier alpha value is -2.38. The van der Waals surface area contributed by atoms with E-state index in [9.17, 15) is 18.0 Å². The van der Waals surface area contributed by atoms with Gasteiger partial charge in [0.25, 0.3) is 0 Å². The maximum absolute atomic E-state index is 12.5. The molecule has 164 valence electrons. The number of aliphatic hydroxyl groups is 1. The lowest BCUT2D eigenvalue weighted by atomic mass is 9.94. The predicted octanol–water partition coefficient (Wildman–Crippen LogP) is 4.48. The molecule has 30 heavy (non-hydrogen) atoms. The van der Waals surface area contributed by atoms with Crippen LogP contribution in [0.2, 0.25) is 0 Å². The normalized spacial score (nSPS) is 15.6. The third-order valence-electron chi connectivity index (χ3n) is 4.92. The molecule has 2 atom stereocenters. The van der Waals surface area contributed by atoms with Gasteiger partial charge in [-0.05, 0) is 49.3 Å². The zero-order valence-electron chi connectivity index (χ0n) is 16.9. The van der Waals surface area contributed by atoms with E-state index in [1.807, 2.05) is 37.3 Å². The lowest BCUT2D eigenvalue weighted by Crippen LogP contribution is -2.30. The van der Waals surface area contributed by atoms with Crippen LogP contribution in [0.5, 0.6) is 0 Å². The molecule has 3 rings (SSSR count). The Bertz CT molecular complexity index is 792. The Morgan fingerprint density at radius 1 is 1.13 bits per heavy atom. The second-order valence-electron chi connectivity index (χ2n) is 7.55. The van der Waals surface area contributed by atoms with Gasteiger partial charge in [-0.3, -0.25) is 4.79 Å². The first-order valence-electron chi connectivity index (χ1n) is 10.0. The summed E-state index contributed by atoms with van der Waals surface area (Å²) in [5.41, 5.74) is 0.958. The van der Waals surface area contributed by atoms with E-state index >= 15 is 0 Å². The topological polar surface area (TPSA) is 69.6 Å². The molecule has 7 heteroatoms. The van der Waals surface area contributed by atoms with Crippen LogP contribution in [-0.4, -0.2) is 35.4 Å². The summed E-state index contributed by atoms with van der Waals surface area (Å²) in [5, 5.41) is 20.7. The van der Waals surface area contributed by atoms with Crippen molar-refractivity contribution < 1.29 is 28.2 Å². The number of rotatable bonds is 8. The Morgan fingerprint density at radius 2 is 1.80 bits per heavy atom. The molecule has 0 saturated heterocycles. The zero-order chi connectivity index (χ0) is 22.1. The molecule has 1 aliphatic rings. The van der Waals surface area contributed by atoms with Gasteiger partial charge in [-0.15, -0.1) is 0 Å². The highest BCUT2D eigenvalue weighted by Crippen LogP contribution is 2.42. The van der Waals surface area contributed by atoms with Crippen LogP contribution in [0.1, 0.15) is 42.4 Å². The smallest absolute Gasteiger partial charge is 0.416 e. The van der Waals surface area contributed by atoms with Crippen LogP contribution in [0.3, 0.4) is 0 Å². The van der Waals surface area contributed by atoms with Crippen LogP contribution in [0.25, 0.3) is 0 Å². The number of aliphatic carboxylic acids is 1. The van der Waals surface area contributed by atoms with Crippen molar-refractivity contribution in [2.45, 2.75) is 44.3 Å². The van der Waals surface area contributed by atoms with Gasteiger partial charge in [0.1, 0.15) is 0 Å². The molecule has 2 aromatic rings. The van der Waals surface area contributed by atoms with Gasteiger partial charge in [0.15, 0.2) is 0 Å². The minimum Gasteiger partial charge on any atom is -0.481 e. The summed E-state index contributed by atoms with van der Waals surface area (Å²) in [6.07, 6.45) is -1.67. The molecule has 4 nitrogen and oxygen atoms in total. The molecule has 0 radical (unpaired) electrons. The van der Waals surface area contributed by atoms with E-state index in [0.29, 0.717) is 24.4 Å². The average molecular weight is 423 g/mol. The fourth-order valence-electron chi connectivity index (χ4n) is 3.32. The predicted molar refractivity (Wildman–Crippen MR) is 109 cm³/mol. The van der Waals surface area contributed by atoms with Crippen molar-refractivity contribution in [1.29, 1.82) is 0 Å². The van der Waals surface area contributed by atoms with Gasteiger partial charge >= 0.3 is 12.1 Å². The standard InChI is InChI=1S/C12H16F3NO.C11H12O2/c1-9(16-5-6-17)7-10-3-2-4-11(8-10)12(13,14)15;12-11(13)10(9-6-7-9)8-4-2-1-3-5-8/h2-4,8-9,16-17H,5-7H2,1H3;1-5,9-10H,6-7H2,(H,12,13). The quantitative estimate of drug-likeness (QED) is 0.586. The molecule has 2 aromatic carbocycles. The number of halogens is 3. The third kappa shape index (κ3) is 7.80. The molecule has 1 fully saturated rings. The molecule has 0 heterocycles. The van der Waals surface area contributed by atoms with Gasteiger partial charge in [0, 0.05) is 12.6 Å². The minimum absolute atomic E-state index is 0.0208. The highest BCUT2D eigenvalue weighted by atomic mass is 19.4. The van der Waals surface area contributed by atoms with E-state index < -0.39 is 17.7 Å². The summed E-state index contributed by atoms with van der Waals surface area (Å²) in [5.74, 6) is -0.588. The first-order valence-corrected chi connectivity index (χ1v) is 10.0. The van der Waals surface area contributed by atoms with E-state index in [-0.39, 0.29) is 18.6 Å². The second-order valence-corrected chi connectivity index (χ2v) is 7.55. The number of hydrogen-bond acceptors (Lipinski definition) is 3. The summed E-state index contributed by atoms with van der Waals surface area (Å²) in [7, 11) is 0. The number of alkyl halides is 3. The van der Waals surface area contributed by atoms with E-state index in [1.54, 1.807) is 6.07 Å². The molecule has 3 N–H and O–H groups in total. The highest BCUT2D eigenvalue weighted by Gasteiger charge is 2.37. The van der Waals surface area contributed by atoms with E-state index in [2.05, 4.69) is 5.32 Å². The van der Waals surface area contributed by atoms with E-state index in [1.165, 1.54) is 6.07 Å². The summed E-state index contributed by atoms with van der Waals surface area (Å²) < 4.78 is 37.4. The lowest BCUT2D eigenvalue weighted by molar-refractivity contribution is -0.139. The van der Waals surface area contributed by atoms with Gasteiger partial charge in [-0.1, -0.05) is 48.5 Å². The molecule has 0 spiro atoms. The number of carbonyl (C=O) groups is 1. The van der Waals surface area contributed by atoms with Gasteiger partial charge in [0.2, 0.25) is 0 Å². The fraction of sp³-hybridized carbons (Fsp3) is 0.435. The average Bonchev–Trinajstić information content (AvgIpc) is 3.52. The monoisotopic (exact) mass is 423 g/mol. The van der Waals surface area contributed by atoms with Crippen LogP contribution in [-0.2, 0) is 17.4 Å². The van der Waals surface area contributed by atoms with Gasteiger partial charge in [0.05, 0.1) is 18.1 Å². The Kier molecular flexibility index (Phi) is 8.87. The van der Waals surface area contributed by atoms with Crippen LogP contribution < -0.4 is 5.32 Å². The second kappa shape index (κ2) is 11.1. The van der Waals surface area contributed by atoms with Crippen molar-refractivity contribution in [3.05, 3.63) is 71.3 Å². The highest BCUT2D eigenvalue weighted by molar-refractivity contribution is 5.77. The molecular weight excluding hydrogens is 395 g/mol. The number of hydrogen-bond donors (Lipinski definition) is 3. The summed E-state index contributed by atoms with van der Waals surface area (Å²) >= 11 is 0. The number of carboxylic acids is 1. The Labute approximate surface area is 174 Å². The summed E-state index contributed by atoms with van der Waals surface area (Å²) in [4.78, 5) is 11.0. The lowest BCUT2D eigenvalue weighted by Gasteiger charge is -2.14. The number of benzene rings is 2. The number of aliphatic hydroxyl groups excluding tert-OH is 1. The SMILES string of the molecule is CC(Cc1cccc(C(F)(F)F)c1)NCCO.O=C(O)C(c1ccccc1)C1CC1. The van der Waals surface area contributed by atoms with Crippen molar-refractivity contribution in [1.82, 2.24) is 5.32 Å².